The van der Waals surface area contributed by atoms with Crippen LogP contribution in [-0.2, 0) is 17.8 Å². The van der Waals surface area contributed by atoms with Gasteiger partial charge in [0.05, 0.1) is 12.0 Å². The van der Waals surface area contributed by atoms with E-state index >= 15 is 0 Å². The molecule has 106 valence electrons. The van der Waals surface area contributed by atoms with E-state index in [-0.39, 0.29) is 6.54 Å². The van der Waals surface area contributed by atoms with Crippen LogP contribution in [0.5, 0.6) is 0 Å². The molecule has 6 nitrogen and oxygen atoms in total. The highest BCUT2D eigenvalue weighted by molar-refractivity contribution is 6.30. The summed E-state index contributed by atoms with van der Waals surface area (Å²) in [6.45, 7) is 3.50. The van der Waals surface area contributed by atoms with Gasteiger partial charge < -0.3 is 5.11 Å². The first-order valence-electron chi connectivity index (χ1n) is 6.11. The quantitative estimate of drug-likeness (QED) is 0.912. The van der Waals surface area contributed by atoms with E-state index in [1.54, 1.807) is 26.0 Å². The molecule has 0 saturated heterocycles. The molecular formula is C13H15ClN4O2. The summed E-state index contributed by atoms with van der Waals surface area (Å²) in [5.41, 5.74) is 0.0861. The number of carboxylic acid groups (broad SMARTS) is 1. The summed E-state index contributed by atoms with van der Waals surface area (Å²) in [6.07, 6.45) is 0.528. The van der Waals surface area contributed by atoms with Crippen LogP contribution >= 0.6 is 11.6 Å². The van der Waals surface area contributed by atoms with Crippen LogP contribution in [0, 0.1) is 5.41 Å². The van der Waals surface area contributed by atoms with Gasteiger partial charge in [0, 0.05) is 11.4 Å². The summed E-state index contributed by atoms with van der Waals surface area (Å²) in [4.78, 5) is 11.2. The van der Waals surface area contributed by atoms with E-state index in [4.69, 9.17) is 16.7 Å². The molecule has 0 fully saturated rings. The molecule has 0 aliphatic heterocycles. The van der Waals surface area contributed by atoms with Crippen molar-refractivity contribution in [3.63, 3.8) is 0 Å². The van der Waals surface area contributed by atoms with Gasteiger partial charge in [0.1, 0.15) is 0 Å². The lowest BCUT2D eigenvalue weighted by atomic mass is 9.94. The van der Waals surface area contributed by atoms with Gasteiger partial charge in [-0.1, -0.05) is 23.7 Å². The average Bonchev–Trinajstić information content (AvgIpc) is 2.79. The fourth-order valence-electron chi connectivity index (χ4n) is 1.70. The van der Waals surface area contributed by atoms with E-state index in [9.17, 15) is 4.79 Å². The number of benzene rings is 1. The highest BCUT2D eigenvalue weighted by atomic mass is 35.5. The monoisotopic (exact) mass is 294 g/mol. The lowest BCUT2D eigenvalue weighted by Gasteiger charge is -2.19. The van der Waals surface area contributed by atoms with Gasteiger partial charge in [0.25, 0.3) is 0 Å². The summed E-state index contributed by atoms with van der Waals surface area (Å²) in [5, 5.41) is 21.3. The first-order valence-corrected chi connectivity index (χ1v) is 6.49. The fraction of sp³-hybridized carbons (Fsp3) is 0.385. The Labute approximate surface area is 121 Å². The minimum absolute atomic E-state index is 0.220. The molecule has 2 rings (SSSR count). The fourth-order valence-corrected chi connectivity index (χ4v) is 1.83. The van der Waals surface area contributed by atoms with Gasteiger partial charge in [-0.25, -0.2) is 4.68 Å². The van der Waals surface area contributed by atoms with Gasteiger partial charge >= 0.3 is 5.97 Å². The molecule has 0 amide bonds. The Kier molecular flexibility index (Phi) is 4.04. The van der Waals surface area contributed by atoms with Gasteiger partial charge in [-0.2, -0.15) is 0 Å². The molecular weight excluding hydrogens is 280 g/mol. The maximum absolute atomic E-state index is 11.2. The third-order valence-corrected chi connectivity index (χ3v) is 3.26. The standard InChI is InChI=1S/C13H15ClN4O2/c1-13(2,12(19)20)8-18-11(15-16-17-18)7-9-3-5-10(14)6-4-9/h3-6H,7-8H2,1-2H3,(H,19,20). The Morgan fingerprint density at radius 2 is 2.00 bits per heavy atom. The number of carboxylic acids is 1. The van der Waals surface area contributed by atoms with Crippen LogP contribution in [0.25, 0.3) is 0 Å². The van der Waals surface area contributed by atoms with E-state index in [2.05, 4.69) is 15.5 Å². The van der Waals surface area contributed by atoms with Crippen molar-refractivity contribution < 1.29 is 9.90 Å². The summed E-state index contributed by atoms with van der Waals surface area (Å²) in [6, 6.07) is 7.38. The number of tetrazole rings is 1. The smallest absolute Gasteiger partial charge is 0.310 e. The zero-order chi connectivity index (χ0) is 14.8. The van der Waals surface area contributed by atoms with Crippen molar-refractivity contribution in [1.82, 2.24) is 20.2 Å². The summed E-state index contributed by atoms with van der Waals surface area (Å²) < 4.78 is 1.53. The van der Waals surface area contributed by atoms with Gasteiger partial charge in [0.2, 0.25) is 0 Å². The Morgan fingerprint density at radius 1 is 1.35 bits per heavy atom. The Balaban J connectivity index is 2.17. The van der Waals surface area contributed by atoms with Gasteiger partial charge in [-0.05, 0) is 42.0 Å². The normalized spacial score (nSPS) is 11.6. The van der Waals surface area contributed by atoms with Crippen molar-refractivity contribution in [3.8, 4) is 0 Å². The van der Waals surface area contributed by atoms with Crippen molar-refractivity contribution in [2.24, 2.45) is 5.41 Å². The predicted octanol–water partition coefficient (Wildman–Crippen LogP) is 2.03. The maximum Gasteiger partial charge on any atom is 0.310 e. The average molecular weight is 295 g/mol. The zero-order valence-corrected chi connectivity index (χ0v) is 12.0. The molecule has 0 radical (unpaired) electrons. The van der Waals surface area contributed by atoms with Crippen LogP contribution in [0.1, 0.15) is 25.2 Å². The first-order chi connectivity index (χ1) is 9.38. The van der Waals surface area contributed by atoms with Crippen molar-refractivity contribution in [2.45, 2.75) is 26.8 Å². The summed E-state index contributed by atoms with van der Waals surface area (Å²) in [5.74, 6) is -0.257. The minimum atomic E-state index is -0.926. The van der Waals surface area contributed by atoms with Crippen LogP contribution in [0.15, 0.2) is 24.3 Å². The van der Waals surface area contributed by atoms with Gasteiger partial charge in [0.15, 0.2) is 5.82 Å². The van der Waals surface area contributed by atoms with Gasteiger partial charge in [-0.3, -0.25) is 4.79 Å². The van der Waals surface area contributed by atoms with Crippen molar-refractivity contribution >= 4 is 17.6 Å². The lowest BCUT2D eigenvalue weighted by molar-refractivity contribution is -0.147. The molecule has 0 spiro atoms. The summed E-state index contributed by atoms with van der Waals surface area (Å²) >= 11 is 5.84. The molecule has 0 aliphatic rings. The Bertz CT molecular complexity index is 607. The zero-order valence-electron chi connectivity index (χ0n) is 11.2. The molecule has 2 aromatic rings. The molecule has 0 aliphatic carbocycles. The van der Waals surface area contributed by atoms with Crippen LogP contribution in [-0.4, -0.2) is 31.3 Å². The largest absolute Gasteiger partial charge is 0.481 e. The molecule has 0 saturated carbocycles. The molecule has 1 aromatic carbocycles. The second-order valence-corrected chi connectivity index (χ2v) is 5.68. The number of nitrogens with zero attached hydrogens (tertiary/aromatic N) is 4. The highest BCUT2D eigenvalue weighted by Gasteiger charge is 2.29. The maximum atomic E-state index is 11.2. The number of carbonyl (C=O) groups is 1. The third kappa shape index (κ3) is 3.33. The molecule has 1 heterocycles. The highest BCUT2D eigenvalue weighted by Crippen LogP contribution is 2.19. The Hall–Kier alpha value is -1.95. The molecule has 20 heavy (non-hydrogen) atoms. The molecule has 7 heteroatoms. The van der Waals surface area contributed by atoms with Crippen LogP contribution in [0.2, 0.25) is 5.02 Å². The van der Waals surface area contributed by atoms with E-state index in [0.29, 0.717) is 17.3 Å². The van der Waals surface area contributed by atoms with E-state index in [1.165, 1.54) is 4.68 Å². The van der Waals surface area contributed by atoms with E-state index < -0.39 is 11.4 Å². The number of halogens is 1. The van der Waals surface area contributed by atoms with Crippen LogP contribution in [0.4, 0.5) is 0 Å². The number of hydrogen-bond donors (Lipinski definition) is 1. The number of aliphatic carboxylic acids is 1. The van der Waals surface area contributed by atoms with Crippen molar-refractivity contribution in [2.75, 3.05) is 0 Å². The van der Waals surface area contributed by atoms with Crippen LogP contribution < -0.4 is 0 Å². The Morgan fingerprint density at radius 3 is 2.60 bits per heavy atom. The van der Waals surface area contributed by atoms with E-state index in [0.717, 1.165) is 5.56 Å². The van der Waals surface area contributed by atoms with Crippen molar-refractivity contribution in [1.29, 1.82) is 0 Å². The number of aromatic nitrogens is 4. The molecule has 1 aromatic heterocycles. The summed E-state index contributed by atoms with van der Waals surface area (Å²) in [7, 11) is 0. The molecule has 0 unspecified atom stereocenters. The second kappa shape index (κ2) is 5.58. The first kappa shape index (κ1) is 14.5. The number of hydrogen-bond acceptors (Lipinski definition) is 4. The van der Waals surface area contributed by atoms with Crippen molar-refractivity contribution in [3.05, 3.63) is 40.7 Å². The SMILES string of the molecule is CC(C)(Cn1nnnc1Cc1ccc(Cl)cc1)C(=O)O. The molecule has 0 atom stereocenters. The van der Waals surface area contributed by atoms with Gasteiger partial charge in [-0.15, -0.1) is 5.10 Å². The number of rotatable bonds is 5. The lowest BCUT2D eigenvalue weighted by Crippen LogP contribution is -2.30. The molecule has 1 N–H and O–H groups in total. The topological polar surface area (TPSA) is 80.9 Å². The van der Waals surface area contributed by atoms with Crippen LogP contribution in [0.3, 0.4) is 0 Å². The minimum Gasteiger partial charge on any atom is -0.481 e. The molecule has 0 bridgehead atoms. The predicted molar refractivity (Wildman–Crippen MR) is 73.5 cm³/mol. The third-order valence-electron chi connectivity index (χ3n) is 3.01. The second-order valence-electron chi connectivity index (χ2n) is 5.25. The van der Waals surface area contributed by atoms with E-state index in [1.807, 2.05) is 12.1 Å².